The third-order valence-electron chi connectivity index (χ3n) is 3.97. The summed E-state index contributed by atoms with van der Waals surface area (Å²) in [5, 5.41) is 5.52. The van der Waals surface area contributed by atoms with Gasteiger partial charge in [-0.15, -0.1) is 0 Å². The Labute approximate surface area is 144 Å². The molecule has 3 heterocycles. The maximum absolute atomic E-state index is 12.1. The van der Waals surface area contributed by atoms with E-state index in [9.17, 15) is 4.79 Å². The van der Waals surface area contributed by atoms with Crippen molar-refractivity contribution in [2.45, 2.75) is 0 Å². The Hall–Kier alpha value is -3.00. The molecule has 130 valence electrons. The Kier molecular flexibility index (Phi) is 4.26. The number of nitrogens with zero attached hydrogens (tertiary/aromatic N) is 2. The standard InChI is InChI=1S/C17H18N4O4/c22-17(19-12-1-3-14-15(9-12)25-11-24-14)20-13-2-4-16(18-10-13)21-5-7-23-8-6-21/h1-4,9-10H,5-8,11H2,(H2,19,20,22). The van der Waals surface area contributed by atoms with Crippen molar-refractivity contribution in [2.24, 2.45) is 0 Å². The number of amides is 2. The summed E-state index contributed by atoms with van der Waals surface area (Å²) in [5.41, 5.74) is 1.25. The van der Waals surface area contributed by atoms with E-state index in [1.54, 1.807) is 24.4 Å². The molecule has 8 nitrogen and oxygen atoms in total. The van der Waals surface area contributed by atoms with Gasteiger partial charge in [0.1, 0.15) is 5.82 Å². The lowest BCUT2D eigenvalue weighted by molar-refractivity contribution is 0.122. The zero-order valence-corrected chi connectivity index (χ0v) is 13.5. The molecule has 0 unspecified atom stereocenters. The van der Waals surface area contributed by atoms with E-state index >= 15 is 0 Å². The third kappa shape index (κ3) is 3.58. The van der Waals surface area contributed by atoms with Gasteiger partial charge in [0, 0.05) is 24.8 Å². The molecule has 8 heteroatoms. The number of hydrogen-bond donors (Lipinski definition) is 2. The molecule has 0 aliphatic carbocycles. The molecule has 0 radical (unpaired) electrons. The molecule has 2 amide bonds. The number of pyridine rings is 1. The van der Waals surface area contributed by atoms with Crippen molar-refractivity contribution in [1.29, 1.82) is 0 Å². The highest BCUT2D eigenvalue weighted by molar-refractivity contribution is 5.99. The number of hydrogen-bond acceptors (Lipinski definition) is 6. The average molecular weight is 342 g/mol. The SMILES string of the molecule is O=C(Nc1ccc(N2CCOCC2)nc1)Nc1ccc2c(c1)OCO2. The van der Waals surface area contributed by atoms with Crippen molar-refractivity contribution < 1.29 is 19.0 Å². The predicted octanol–water partition coefficient (Wildman–Crippen LogP) is 2.29. The van der Waals surface area contributed by atoms with Crippen LogP contribution in [0.4, 0.5) is 22.0 Å². The first-order valence-electron chi connectivity index (χ1n) is 8.04. The number of fused-ring (bicyclic) bond motifs is 1. The van der Waals surface area contributed by atoms with Crippen LogP contribution in [0.5, 0.6) is 11.5 Å². The largest absolute Gasteiger partial charge is 0.454 e. The summed E-state index contributed by atoms with van der Waals surface area (Å²) in [6, 6.07) is 8.61. The van der Waals surface area contributed by atoms with E-state index in [1.165, 1.54) is 0 Å². The van der Waals surface area contributed by atoms with Gasteiger partial charge in [0.25, 0.3) is 0 Å². The van der Waals surface area contributed by atoms with Crippen LogP contribution in [0.25, 0.3) is 0 Å². The smallest absolute Gasteiger partial charge is 0.323 e. The van der Waals surface area contributed by atoms with Crippen molar-refractivity contribution in [3.05, 3.63) is 36.5 Å². The lowest BCUT2D eigenvalue weighted by Crippen LogP contribution is -2.36. The molecular weight excluding hydrogens is 324 g/mol. The number of nitrogens with one attached hydrogen (secondary N) is 2. The molecule has 2 aliphatic heterocycles. The first-order valence-corrected chi connectivity index (χ1v) is 8.04. The molecule has 2 N–H and O–H groups in total. The maximum Gasteiger partial charge on any atom is 0.323 e. The fourth-order valence-electron chi connectivity index (χ4n) is 2.71. The fourth-order valence-corrected chi connectivity index (χ4v) is 2.71. The monoisotopic (exact) mass is 342 g/mol. The van der Waals surface area contributed by atoms with E-state index < -0.39 is 0 Å². The van der Waals surface area contributed by atoms with Crippen molar-refractivity contribution >= 4 is 23.2 Å². The van der Waals surface area contributed by atoms with Crippen molar-refractivity contribution in [1.82, 2.24) is 4.98 Å². The van der Waals surface area contributed by atoms with Crippen LogP contribution in [0.3, 0.4) is 0 Å². The molecule has 25 heavy (non-hydrogen) atoms. The molecule has 0 bridgehead atoms. The molecule has 1 saturated heterocycles. The van der Waals surface area contributed by atoms with Gasteiger partial charge in [-0.3, -0.25) is 0 Å². The van der Waals surface area contributed by atoms with Crippen LogP contribution in [-0.2, 0) is 4.74 Å². The quantitative estimate of drug-likeness (QED) is 0.890. The molecule has 2 aromatic rings. The Bertz CT molecular complexity index is 760. The van der Waals surface area contributed by atoms with E-state index in [4.69, 9.17) is 14.2 Å². The second-order valence-electron chi connectivity index (χ2n) is 5.65. The highest BCUT2D eigenvalue weighted by atomic mass is 16.7. The van der Waals surface area contributed by atoms with E-state index in [0.717, 1.165) is 18.9 Å². The van der Waals surface area contributed by atoms with Gasteiger partial charge < -0.3 is 29.7 Å². The summed E-state index contributed by atoms with van der Waals surface area (Å²) < 4.78 is 15.9. The topological polar surface area (TPSA) is 85.0 Å². The number of aromatic nitrogens is 1. The summed E-state index contributed by atoms with van der Waals surface area (Å²) in [6.45, 7) is 3.26. The second-order valence-corrected chi connectivity index (χ2v) is 5.65. The molecule has 2 aliphatic rings. The molecule has 1 aromatic heterocycles. The summed E-state index contributed by atoms with van der Waals surface area (Å²) in [7, 11) is 0. The first-order chi connectivity index (χ1) is 12.3. The Balaban J connectivity index is 1.35. The lowest BCUT2D eigenvalue weighted by Gasteiger charge is -2.27. The maximum atomic E-state index is 12.1. The van der Waals surface area contributed by atoms with Crippen molar-refractivity contribution in [2.75, 3.05) is 48.6 Å². The summed E-state index contributed by atoms with van der Waals surface area (Å²) in [5.74, 6) is 2.17. The zero-order valence-electron chi connectivity index (χ0n) is 13.5. The average Bonchev–Trinajstić information content (AvgIpc) is 3.11. The normalized spacial score (nSPS) is 15.8. The highest BCUT2D eigenvalue weighted by Crippen LogP contribution is 2.34. The minimum Gasteiger partial charge on any atom is -0.454 e. The van der Waals surface area contributed by atoms with Crippen LogP contribution in [-0.4, -0.2) is 44.1 Å². The number of carbonyl (C=O) groups excluding carboxylic acids is 1. The van der Waals surface area contributed by atoms with Gasteiger partial charge in [-0.25, -0.2) is 9.78 Å². The highest BCUT2D eigenvalue weighted by Gasteiger charge is 2.15. The van der Waals surface area contributed by atoms with Gasteiger partial charge in [0.15, 0.2) is 11.5 Å². The number of benzene rings is 1. The molecule has 4 rings (SSSR count). The van der Waals surface area contributed by atoms with E-state index in [1.807, 2.05) is 12.1 Å². The van der Waals surface area contributed by atoms with E-state index in [-0.39, 0.29) is 12.8 Å². The van der Waals surface area contributed by atoms with Crippen LogP contribution in [0.15, 0.2) is 36.5 Å². The molecule has 0 atom stereocenters. The Morgan fingerprint density at radius 2 is 1.76 bits per heavy atom. The van der Waals surface area contributed by atoms with Crippen LogP contribution >= 0.6 is 0 Å². The Morgan fingerprint density at radius 1 is 1.00 bits per heavy atom. The van der Waals surface area contributed by atoms with Crippen LogP contribution in [0, 0.1) is 0 Å². The molecule has 1 fully saturated rings. The van der Waals surface area contributed by atoms with Crippen LogP contribution in [0.2, 0.25) is 0 Å². The van der Waals surface area contributed by atoms with Gasteiger partial charge in [-0.05, 0) is 24.3 Å². The first kappa shape index (κ1) is 15.5. The zero-order chi connectivity index (χ0) is 17.1. The summed E-state index contributed by atoms with van der Waals surface area (Å²) in [6.07, 6.45) is 1.64. The number of carbonyl (C=O) groups is 1. The molecular formula is C17H18N4O4. The van der Waals surface area contributed by atoms with E-state index in [0.29, 0.717) is 36.1 Å². The summed E-state index contributed by atoms with van der Waals surface area (Å²) in [4.78, 5) is 18.7. The Morgan fingerprint density at radius 3 is 2.56 bits per heavy atom. The predicted molar refractivity (Wildman–Crippen MR) is 92.5 cm³/mol. The van der Waals surface area contributed by atoms with Gasteiger partial charge >= 0.3 is 6.03 Å². The minimum atomic E-state index is -0.347. The molecule has 0 saturated carbocycles. The lowest BCUT2D eigenvalue weighted by atomic mass is 10.3. The number of anilines is 3. The van der Waals surface area contributed by atoms with Crippen molar-refractivity contribution in [3.8, 4) is 11.5 Å². The van der Waals surface area contributed by atoms with Crippen LogP contribution in [0.1, 0.15) is 0 Å². The van der Waals surface area contributed by atoms with Gasteiger partial charge in [-0.2, -0.15) is 0 Å². The number of urea groups is 1. The second kappa shape index (κ2) is 6.86. The number of ether oxygens (including phenoxy) is 3. The van der Waals surface area contributed by atoms with Crippen LogP contribution < -0.4 is 25.0 Å². The third-order valence-corrected chi connectivity index (χ3v) is 3.97. The van der Waals surface area contributed by atoms with E-state index in [2.05, 4.69) is 20.5 Å². The van der Waals surface area contributed by atoms with Gasteiger partial charge in [-0.1, -0.05) is 0 Å². The molecule has 1 aromatic carbocycles. The number of rotatable bonds is 3. The fraction of sp³-hybridized carbons (Fsp3) is 0.294. The summed E-state index contributed by atoms with van der Waals surface area (Å²) >= 11 is 0. The molecule has 0 spiro atoms. The van der Waals surface area contributed by atoms with Gasteiger partial charge in [0.2, 0.25) is 6.79 Å². The van der Waals surface area contributed by atoms with Crippen molar-refractivity contribution in [3.63, 3.8) is 0 Å². The number of morpholine rings is 1. The van der Waals surface area contributed by atoms with Gasteiger partial charge in [0.05, 0.1) is 25.1 Å². The minimum absolute atomic E-state index is 0.201.